The smallest absolute Gasteiger partial charge is 0.326 e. The summed E-state index contributed by atoms with van der Waals surface area (Å²) in [7, 11) is 0. The molecule has 0 heterocycles. The minimum atomic E-state index is -1.60. The maximum atomic E-state index is 13.4. The highest BCUT2D eigenvalue weighted by atomic mass is 16.4. The number of nitrogens with two attached hydrogens (primary N) is 2. The summed E-state index contributed by atoms with van der Waals surface area (Å²) < 4.78 is 0. The Morgan fingerprint density at radius 2 is 1.06 bits per heavy atom. The van der Waals surface area contributed by atoms with Crippen LogP contribution in [0.2, 0.25) is 0 Å². The second-order valence-corrected chi connectivity index (χ2v) is 13.6. The van der Waals surface area contributed by atoms with Gasteiger partial charge in [-0.25, -0.2) is 4.79 Å². The number of nitrogens with one attached hydrogen (secondary N) is 6. The van der Waals surface area contributed by atoms with Crippen molar-refractivity contribution in [2.24, 2.45) is 23.3 Å². The summed E-state index contributed by atoms with van der Waals surface area (Å²) in [6.07, 6.45) is -0.593. The van der Waals surface area contributed by atoms with Gasteiger partial charge >= 0.3 is 17.9 Å². The lowest BCUT2D eigenvalue weighted by molar-refractivity contribution is -0.143. The second-order valence-electron chi connectivity index (χ2n) is 13.6. The number of hydrogen-bond acceptors (Lipinski definition) is 12. The highest BCUT2D eigenvalue weighted by Crippen LogP contribution is 2.09. The van der Waals surface area contributed by atoms with Gasteiger partial charge in [0.15, 0.2) is 0 Å². The molecule has 6 amide bonds. The van der Waals surface area contributed by atoms with Crippen LogP contribution in [0.1, 0.15) is 86.0 Å². The van der Waals surface area contributed by atoms with Gasteiger partial charge in [0.05, 0.1) is 12.6 Å². The van der Waals surface area contributed by atoms with Crippen LogP contribution in [0.4, 0.5) is 0 Å². The first-order valence-electron chi connectivity index (χ1n) is 17.7. The number of rotatable bonds is 27. The highest BCUT2D eigenvalue weighted by Gasteiger charge is 2.33. The summed E-state index contributed by atoms with van der Waals surface area (Å²) in [5.41, 5.74) is 11.2. The number of hydrogen-bond donors (Lipinski definition) is 12. The van der Waals surface area contributed by atoms with E-state index in [0.717, 1.165) is 0 Å². The normalized spacial score (nSPS) is 15.0. The Morgan fingerprint density at radius 1 is 0.556 bits per heavy atom. The summed E-state index contributed by atoms with van der Waals surface area (Å²) in [5.74, 6) is -9.94. The summed E-state index contributed by atoms with van der Waals surface area (Å²) in [6, 6.07) is -9.54. The number of aliphatic hydroxyl groups is 1. The van der Waals surface area contributed by atoms with Crippen molar-refractivity contribution in [2.75, 3.05) is 13.2 Å². The van der Waals surface area contributed by atoms with E-state index in [1.54, 1.807) is 27.7 Å². The van der Waals surface area contributed by atoms with E-state index >= 15 is 0 Å². The molecule has 0 aliphatic rings. The van der Waals surface area contributed by atoms with Gasteiger partial charge in [-0.1, -0.05) is 27.7 Å². The van der Waals surface area contributed by atoms with Crippen LogP contribution >= 0.6 is 0 Å². The fourth-order valence-corrected chi connectivity index (χ4v) is 4.87. The Bertz CT molecular complexity index is 1310. The number of carbonyl (C=O) groups is 9. The number of amides is 6. The third kappa shape index (κ3) is 19.3. The van der Waals surface area contributed by atoms with Gasteiger partial charge in [0.2, 0.25) is 35.4 Å². The molecule has 0 radical (unpaired) electrons. The molecule has 0 aromatic heterocycles. The molecule has 0 aromatic rings. The van der Waals surface area contributed by atoms with Crippen molar-refractivity contribution in [3.05, 3.63) is 0 Å². The average Bonchev–Trinajstić information content (AvgIpc) is 3.08. The summed E-state index contributed by atoms with van der Waals surface area (Å²) >= 11 is 0. The molecular weight excluding hydrogens is 716 g/mol. The molecule has 0 aliphatic carbocycles. The Morgan fingerprint density at radius 3 is 1.56 bits per heavy atom. The standard InChI is InChI=1S/C33H58N8O13/c1-16(2)14-22(30(50)37-20(10-12-25(45)46)29(49)38-21(33(53)54)8-6-7-13-34)39-27(47)18(5)36-31(51)23(15-42)40-32(52)26(17(3)4)41-28(48)19(35)9-11-24(43)44/h16-23,26,42H,6-15,34-35H2,1-5H3,(H,36,51)(H,37,50)(H,38,49)(H,39,47)(H,40,52)(H,41,48)(H,43,44)(H,45,46)(H,53,54)/t18-,19-,20-,21-,22-,23-,26-/m0/s1. The first-order valence-corrected chi connectivity index (χ1v) is 17.7. The molecule has 7 atom stereocenters. The van der Waals surface area contributed by atoms with Gasteiger partial charge < -0.3 is 63.8 Å². The number of carboxylic acids is 3. The van der Waals surface area contributed by atoms with Crippen molar-refractivity contribution in [2.45, 2.75) is 128 Å². The van der Waals surface area contributed by atoms with Gasteiger partial charge in [0, 0.05) is 12.8 Å². The molecule has 14 N–H and O–H groups in total. The van der Waals surface area contributed by atoms with Gasteiger partial charge in [0.1, 0.15) is 36.3 Å². The van der Waals surface area contributed by atoms with Gasteiger partial charge in [-0.2, -0.15) is 0 Å². The van der Waals surface area contributed by atoms with Crippen molar-refractivity contribution in [3.63, 3.8) is 0 Å². The van der Waals surface area contributed by atoms with E-state index in [1.165, 1.54) is 6.92 Å². The van der Waals surface area contributed by atoms with E-state index in [4.69, 9.17) is 16.6 Å². The first kappa shape index (κ1) is 49.1. The molecular formula is C33H58N8O13. The van der Waals surface area contributed by atoms with E-state index in [1.807, 2.05) is 0 Å². The number of carbonyl (C=O) groups excluding carboxylic acids is 6. The van der Waals surface area contributed by atoms with Crippen LogP contribution in [0.15, 0.2) is 0 Å². The number of unbranched alkanes of at least 4 members (excludes halogenated alkanes) is 1. The highest BCUT2D eigenvalue weighted by molar-refractivity contribution is 5.97. The van der Waals surface area contributed by atoms with Crippen LogP contribution < -0.4 is 43.4 Å². The monoisotopic (exact) mass is 774 g/mol. The molecule has 54 heavy (non-hydrogen) atoms. The molecule has 0 bridgehead atoms. The largest absolute Gasteiger partial charge is 0.481 e. The van der Waals surface area contributed by atoms with Gasteiger partial charge in [-0.3, -0.25) is 38.4 Å². The molecule has 0 aliphatic heterocycles. The number of carboxylic acid groups (broad SMARTS) is 3. The fourth-order valence-electron chi connectivity index (χ4n) is 4.87. The minimum absolute atomic E-state index is 0.0277. The Hall–Kier alpha value is -4.89. The number of aliphatic hydroxyl groups excluding tert-OH is 1. The maximum absolute atomic E-state index is 13.4. The molecule has 21 nitrogen and oxygen atoms in total. The van der Waals surface area contributed by atoms with Gasteiger partial charge in [-0.15, -0.1) is 0 Å². The Labute approximate surface area is 313 Å². The van der Waals surface area contributed by atoms with Crippen molar-refractivity contribution in [1.82, 2.24) is 31.9 Å². The van der Waals surface area contributed by atoms with Crippen LogP contribution in [-0.4, -0.2) is 129 Å². The van der Waals surface area contributed by atoms with Crippen molar-refractivity contribution in [1.29, 1.82) is 0 Å². The lowest BCUT2D eigenvalue weighted by atomic mass is 10.0. The first-order chi connectivity index (χ1) is 25.1. The minimum Gasteiger partial charge on any atom is -0.481 e. The van der Waals surface area contributed by atoms with Crippen molar-refractivity contribution < 1.29 is 63.6 Å². The zero-order chi connectivity index (χ0) is 41.7. The van der Waals surface area contributed by atoms with Crippen LogP contribution in [0.3, 0.4) is 0 Å². The molecule has 0 unspecified atom stereocenters. The molecule has 0 rings (SSSR count). The molecule has 0 fully saturated rings. The van der Waals surface area contributed by atoms with Gasteiger partial charge in [0.25, 0.3) is 0 Å². The van der Waals surface area contributed by atoms with E-state index in [2.05, 4.69) is 31.9 Å². The number of aliphatic carboxylic acids is 3. The third-order valence-electron chi connectivity index (χ3n) is 8.00. The van der Waals surface area contributed by atoms with E-state index < -0.39 is 121 Å². The van der Waals surface area contributed by atoms with E-state index in [-0.39, 0.29) is 31.6 Å². The maximum Gasteiger partial charge on any atom is 0.326 e. The summed E-state index contributed by atoms with van der Waals surface area (Å²) in [6.45, 7) is 7.26. The molecule has 0 spiro atoms. The molecule has 0 saturated carbocycles. The third-order valence-corrected chi connectivity index (χ3v) is 8.00. The van der Waals surface area contributed by atoms with Crippen LogP contribution in [-0.2, 0) is 43.2 Å². The van der Waals surface area contributed by atoms with Gasteiger partial charge in [-0.05, 0) is 63.8 Å². The zero-order valence-electron chi connectivity index (χ0n) is 31.4. The SMILES string of the molecule is CC(C)C[C@H](NC(=O)[C@H](C)NC(=O)[C@H](CO)NC(=O)[C@@H](NC(=O)[C@@H](N)CCC(=O)O)C(C)C)C(=O)N[C@@H](CCC(=O)O)C(=O)N[C@@H](CCCCN)C(=O)O. The topological polar surface area (TPSA) is 359 Å². The molecule has 308 valence electrons. The van der Waals surface area contributed by atoms with E-state index in [9.17, 15) is 58.5 Å². The fraction of sp³-hybridized carbons (Fsp3) is 0.727. The lowest BCUT2D eigenvalue weighted by Crippen LogP contribution is -2.60. The predicted octanol–water partition coefficient (Wildman–Crippen LogP) is -3.12. The summed E-state index contributed by atoms with van der Waals surface area (Å²) in [5, 5.41) is 51.6. The van der Waals surface area contributed by atoms with Crippen LogP contribution in [0.25, 0.3) is 0 Å². The molecule has 21 heteroatoms. The van der Waals surface area contributed by atoms with Crippen LogP contribution in [0.5, 0.6) is 0 Å². The Balaban J connectivity index is 5.77. The Kier molecular flexibility index (Phi) is 22.9. The molecule has 0 saturated heterocycles. The zero-order valence-corrected chi connectivity index (χ0v) is 31.4. The van der Waals surface area contributed by atoms with Crippen LogP contribution in [0, 0.1) is 11.8 Å². The second kappa shape index (κ2) is 25.2. The van der Waals surface area contributed by atoms with Crippen molar-refractivity contribution in [3.8, 4) is 0 Å². The molecule has 0 aromatic carbocycles. The predicted molar refractivity (Wildman–Crippen MR) is 191 cm³/mol. The quantitative estimate of drug-likeness (QED) is 0.0367. The lowest BCUT2D eigenvalue weighted by Gasteiger charge is -2.27. The van der Waals surface area contributed by atoms with Crippen molar-refractivity contribution >= 4 is 53.4 Å². The summed E-state index contributed by atoms with van der Waals surface area (Å²) in [4.78, 5) is 112. The van der Waals surface area contributed by atoms with E-state index in [0.29, 0.717) is 19.4 Å². The average molecular weight is 775 g/mol.